The summed E-state index contributed by atoms with van der Waals surface area (Å²) in [5.41, 5.74) is 10.3. The Balaban J connectivity index is 3.57. The first-order chi connectivity index (χ1) is 8.19. The van der Waals surface area contributed by atoms with E-state index >= 15 is 0 Å². The van der Waals surface area contributed by atoms with Crippen LogP contribution in [-0.4, -0.2) is 6.98 Å². The summed E-state index contributed by atoms with van der Waals surface area (Å²) in [4.78, 5) is 3.09. The van der Waals surface area contributed by atoms with E-state index in [4.69, 9.17) is 5.53 Å². The highest BCUT2D eigenvalue weighted by molar-refractivity contribution is 7.80. The zero-order valence-corrected chi connectivity index (χ0v) is 11.1. The molecule has 0 atom stereocenters. The summed E-state index contributed by atoms with van der Waals surface area (Å²) in [6.07, 6.45) is -0.987. The van der Waals surface area contributed by atoms with Crippen LogP contribution in [0.15, 0.2) is 10.0 Å². The molecule has 0 aliphatic rings. The topological polar surface area (TPSA) is 48.8 Å². The molecule has 0 radical (unpaired) electrons. The molecule has 18 heavy (non-hydrogen) atoms. The van der Waals surface area contributed by atoms with E-state index in [1.807, 2.05) is 0 Å². The molecule has 0 bridgehead atoms. The molecule has 0 saturated carbocycles. The lowest BCUT2D eigenvalue weighted by atomic mass is 9.78. The van der Waals surface area contributed by atoms with Gasteiger partial charge >= 0.3 is 6.98 Å². The maximum atomic E-state index is 12.6. The van der Waals surface area contributed by atoms with E-state index < -0.39 is 13.3 Å². The molecule has 0 heterocycles. The van der Waals surface area contributed by atoms with Crippen LogP contribution in [0.1, 0.15) is 22.3 Å². The zero-order chi connectivity index (χ0) is 14.1. The summed E-state index contributed by atoms with van der Waals surface area (Å²) in [5, 5.41) is 3.47. The predicted molar refractivity (Wildman–Crippen MR) is 69.5 cm³/mol. The van der Waals surface area contributed by atoms with Gasteiger partial charge in [-0.15, -0.1) is 12.6 Å². The predicted octanol–water partition coefficient (Wildman–Crippen LogP) is 4.77. The highest BCUT2D eigenvalue weighted by Gasteiger charge is 2.26. The summed E-state index contributed by atoms with van der Waals surface area (Å²) in [7, 11) is 0. The third kappa shape index (κ3) is 2.94. The third-order valence-electron chi connectivity index (χ3n) is 2.91. The molecule has 0 unspecified atom stereocenters. The molecule has 3 nitrogen and oxygen atoms in total. The Bertz CT molecular complexity index is 536. The van der Waals surface area contributed by atoms with Gasteiger partial charge in [0.05, 0.1) is 0 Å². The molecule has 0 amide bonds. The second-order valence-corrected chi connectivity index (χ2v) is 4.60. The van der Waals surface area contributed by atoms with E-state index in [2.05, 4.69) is 22.7 Å². The number of thiol groups is 1. The van der Waals surface area contributed by atoms with Crippen molar-refractivity contribution in [3.8, 4) is 0 Å². The summed E-state index contributed by atoms with van der Waals surface area (Å²) in [5.74, 6) is 0. The first-order valence-corrected chi connectivity index (χ1v) is 5.71. The summed E-state index contributed by atoms with van der Waals surface area (Å²) >= 11 is 4.20. The Morgan fingerprint density at radius 3 is 2.17 bits per heavy atom. The molecule has 0 fully saturated rings. The molecular formula is C10H12BF3N3S-. The van der Waals surface area contributed by atoms with Gasteiger partial charge in [-0.05, 0) is 43.0 Å². The molecule has 1 aromatic carbocycles. The van der Waals surface area contributed by atoms with Crippen molar-refractivity contribution in [2.75, 3.05) is 0 Å². The van der Waals surface area contributed by atoms with Gasteiger partial charge in [-0.3, -0.25) is 0 Å². The first-order valence-electron chi connectivity index (χ1n) is 5.26. The van der Waals surface area contributed by atoms with Crippen LogP contribution >= 0.6 is 12.6 Å². The van der Waals surface area contributed by atoms with Crippen molar-refractivity contribution < 1.29 is 12.9 Å². The van der Waals surface area contributed by atoms with E-state index in [0.29, 0.717) is 21.6 Å². The van der Waals surface area contributed by atoms with Crippen molar-refractivity contribution in [2.24, 2.45) is 5.11 Å². The van der Waals surface area contributed by atoms with Gasteiger partial charge < -0.3 is 12.9 Å². The molecule has 0 aromatic heterocycles. The quantitative estimate of drug-likeness (QED) is 0.271. The Kier molecular flexibility index (Phi) is 4.24. The first kappa shape index (κ1) is 14.8. The Hall–Kier alpha value is -1.27. The number of hydrogen-bond acceptors (Lipinski definition) is 2. The summed E-state index contributed by atoms with van der Waals surface area (Å²) in [6.45, 7) is -0.133. The monoisotopic (exact) mass is 274 g/mol. The van der Waals surface area contributed by atoms with Gasteiger partial charge in [-0.1, -0.05) is 17.0 Å². The average Bonchev–Trinajstić information content (AvgIpc) is 2.26. The van der Waals surface area contributed by atoms with E-state index in [1.165, 1.54) is 6.92 Å². The third-order valence-corrected chi connectivity index (χ3v) is 3.58. The van der Waals surface area contributed by atoms with Crippen LogP contribution in [0.4, 0.5) is 18.6 Å². The van der Waals surface area contributed by atoms with E-state index in [-0.39, 0.29) is 11.3 Å². The van der Waals surface area contributed by atoms with Crippen LogP contribution < -0.4 is 0 Å². The van der Waals surface area contributed by atoms with Crippen LogP contribution in [0.5, 0.6) is 0 Å². The molecule has 98 valence electrons. The fraction of sp³-hybridized carbons (Fsp3) is 0.400. The maximum absolute atomic E-state index is 12.6. The Morgan fingerprint density at radius 1 is 1.17 bits per heavy atom. The fourth-order valence-corrected chi connectivity index (χ4v) is 2.21. The molecule has 0 aliphatic heterocycles. The van der Waals surface area contributed by atoms with Gasteiger partial charge in [0.1, 0.15) is 0 Å². The van der Waals surface area contributed by atoms with Crippen molar-refractivity contribution in [2.45, 2.75) is 32.0 Å². The highest BCUT2D eigenvalue weighted by Crippen LogP contribution is 2.37. The molecule has 1 aromatic rings. The lowest BCUT2D eigenvalue weighted by molar-refractivity contribution is 0.468. The van der Waals surface area contributed by atoms with Gasteiger partial charge in [-0.25, -0.2) is 0 Å². The van der Waals surface area contributed by atoms with Crippen molar-refractivity contribution in [1.29, 1.82) is 0 Å². The molecule has 0 aliphatic carbocycles. The van der Waals surface area contributed by atoms with Gasteiger partial charge in [0.15, 0.2) is 0 Å². The van der Waals surface area contributed by atoms with Crippen LogP contribution in [0.3, 0.4) is 0 Å². The van der Waals surface area contributed by atoms with Gasteiger partial charge in [0.25, 0.3) is 0 Å². The number of rotatable bonds is 3. The minimum atomic E-state index is -4.94. The molecule has 0 spiro atoms. The number of halogens is 3. The van der Waals surface area contributed by atoms with Crippen LogP contribution in [-0.2, 0) is 6.32 Å². The number of nitrogens with zero attached hydrogens (tertiary/aromatic N) is 3. The lowest BCUT2D eigenvalue weighted by Crippen LogP contribution is -2.21. The molecule has 0 saturated heterocycles. The van der Waals surface area contributed by atoms with Gasteiger partial charge in [0, 0.05) is 15.5 Å². The van der Waals surface area contributed by atoms with E-state index in [1.54, 1.807) is 13.8 Å². The van der Waals surface area contributed by atoms with E-state index in [0.717, 1.165) is 0 Å². The number of benzene rings is 1. The lowest BCUT2D eigenvalue weighted by Gasteiger charge is -2.22. The molecular weight excluding hydrogens is 262 g/mol. The maximum Gasteiger partial charge on any atom is 0.482 e. The SMILES string of the molecule is Cc1c(S)c(C)c(N=[N+]=[N-])c(C)c1C[B-](F)(F)F. The van der Waals surface area contributed by atoms with Gasteiger partial charge in [-0.2, -0.15) is 0 Å². The van der Waals surface area contributed by atoms with Crippen LogP contribution in [0, 0.1) is 20.8 Å². The summed E-state index contributed by atoms with van der Waals surface area (Å²) < 4.78 is 37.8. The van der Waals surface area contributed by atoms with Gasteiger partial charge in [0.2, 0.25) is 0 Å². The Morgan fingerprint density at radius 2 is 1.72 bits per heavy atom. The highest BCUT2D eigenvalue weighted by atomic mass is 32.1. The standard InChI is InChI=1S/C10H12BF3N3S/c1-5-8(4-11(12,13)14)6(2)10(18)7(3)9(5)16-17-15/h18H,4H2,1-3H3/q-1. The Labute approximate surface area is 108 Å². The van der Waals surface area contributed by atoms with Crippen molar-refractivity contribution >= 4 is 25.3 Å². The minimum Gasteiger partial charge on any atom is -0.449 e. The van der Waals surface area contributed by atoms with Crippen molar-refractivity contribution in [3.05, 3.63) is 32.7 Å². The number of azide groups is 1. The fourth-order valence-electron chi connectivity index (χ4n) is 1.97. The normalized spacial score (nSPS) is 11.3. The van der Waals surface area contributed by atoms with Crippen LogP contribution in [0.25, 0.3) is 10.4 Å². The molecule has 1 rings (SSSR count). The van der Waals surface area contributed by atoms with Crippen molar-refractivity contribution in [1.82, 2.24) is 0 Å². The summed E-state index contributed by atoms with van der Waals surface area (Å²) in [6, 6.07) is 0. The smallest absolute Gasteiger partial charge is 0.449 e. The second-order valence-electron chi connectivity index (χ2n) is 4.15. The molecule has 0 N–H and O–H groups in total. The average molecular weight is 274 g/mol. The van der Waals surface area contributed by atoms with E-state index in [9.17, 15) is 12.9 Å². The largest absolute Gasteiger partial charge is 0.482 e. The molecule has 8 heteroatoms. The minimum absolute atomic E-state index is 0.153. The van der Waals surface area contributed by atoms with Crippen LogP contribution in [0.2, 0.25) is 0 Å². The zero-order valence-electron chi connectivity index (χ0n) is 10.2. The number of hydrogen-bond donors (Lipinski definition) is 1. The second kappa shape index (κ2) is 5.16. The van der Waals surface area contributed by atoms with Crippen molar-refractivity contribution in [3.63, 3.8) is 0 Å².